The lowest BCUT2D eigenvalue weighted by molar-refractivity contribution is -0.137. The maximum atomic E-state index is 12.1. The van der Waals surface area contributed by atoms with Gasteiger partial charge in [-0.1, -0.05) is 18.2 Å². The summed E-state index contributed by atoms with van der Waals surface area (Å²) in [7, 11) is 1.60. The Morgan fingerprint density at radius 1 is 1.22 bits per heavy atom. The average molecular weight is 333 g/mol. The monoisotopic (exact) mass is 333 g/mol. The van der Waals surface area contributed by atoms with Crippen molar-refractivity contribution >= 4 is 23.2 Å². The normalized spacial score (nSPS) is 11.7. The van der Waals surface area contributed by atoms with Gasteiger partial charge in [-0.05, 0) is 29.1 Å². The molecular formula is C17H19NO4S. The van der Waals surface area contributed by atoms with Crippen LogP contribution < -0.4 is 10.1 Å². The van der Waals surface area contributed by atoms with Gasteiger partial charge in [0.15, 0.2) is 0 Å². The number of hydrogen-bond acceptors (Lipinski definition) is 4. The van der Waals surface area contributed by atoms with E-state index >= 15 is 0 Å². The SMILES string of the molecule is COc1ccc(CNC(=O)C[C@H](CC(=O)O)c2cccs2)cc1. The Bertz CT molecular complexity index is 637. The molecule has 2 N–H and O–H groups in total. The lowest BCUT2D eigenvalue weighted by atomic mass is 9.99. The van der Waals surface area contributed by atoms with Crippen molar-refractivity contribution in [2.75, 3.05) is 7.11 Å². The van der Waals surface area contributed by atoms with Gasteiger partial charge in [0.1, 0.15) is 5.75 Å². The van der Waals surface area contributed by atoms with Gasteiger partial charge in [0, 0.05) is 23.8 Å². The molecule has 0 spiro atoms. The molecule has 6 heteroatoms. The van der Waals surface area contributed by atoms with Crippen LogP contribution in [0.4, 0.5) is 0 Å². The number of carboxylic acid groups (broad SMARTS) is 1. The van der Waals surface area contributed by atoms with Crippen molar-refractivity contribution in [3.63, 3.8) is 0 Å². The van der Waals surface area contributed by atoms with E-state index in [1.54, 1.807) is 7.11 Å². The first kappa shape index (κ1) is 17.0. The van der Waals surface area contributed by atoms with Crippen molar-refractivity contribution in [2.45, 2.75) is 25.3 Å². The number of nitrogens with one attached hydrogen (secondary N) is 1. The van der Waals surface area contributed by atoms with Crippen molar-refractivity contribution in [3.8, 4) is 5.75 Å². The number of methoxy groups -OCH3 is 1. The van der Waals surface area contributed by atoms with E-state index in [2.05, 4.69) is 5.32 Å². The minimum absolute atomic E-state index is 0.0452. The molecule has 5 nitrogen and oxygen atoms in total. The van der Waals surface area contributed by atoms with Gasteiger partial charge in [-0.3, -0.25) is 9.59 Å². The molecule has 1 amide bonds. The van der Waals surface area contributed by atoms with Crippen LogP contribution in [0.15, 0.2) is 41.8 Å². The Hall–Kier alpha value is -2.34. The average Bonchev–Trinajstić information content (AvgIpc) is 3.07. The first-order valence-corrected chi connectivity index (χ1v) is 8.11. The van der Waals surface area contributed by atoms with E-state index < -0.39 is 5.97 Å². The molecule has 0 bridgehead atoms. The number of carbonyl (C=O) groups is 2. The molecule has 0 aliphatic heterocycles. The smallest absolute Gasteiger partial charge is 0.304 e. The van der Waals surface area contributed by atoms with Crippen molar-refractivity contribution in [1.82, 2.24) is 5.32 Å². The van der Waals surface area contributed by atoms with Gasteiger partial charge in [-0.15, -0.1) is 11.3 Å². The lowest BCUT2D eigenvalue weighted by Crippen LogP contribution is -2.25. The topological polar surface area (TPSA) is 75.6 Å². The number of carboxylic acids is 1. The Morgan fingerprint density at radius 3 is 2.52 bits per heavy atom. The van der Waals surface area contributed by atoms with Crippen molar-refractivity contribution < 1.29 is 19.4 Å². The minimum Gasteiger partial charge on any atom is -0.497 e. The van der Waals surface area contributed by atoms with Crippen LogP contribution in [-0.2, 0) is 16.1 Å². The van der Waals surface area contributed by atoms with Gasteiger partial charge >= 0.3 is 5.97 Å². The molecule has 1 heterocycles. The van der Waals surface area contributed by atoms with Gasteiger partial charge in [0.05, 0.1) is 13.5 Å². The molecule has 0 radical (unpaired) electrons. The largest absolute Gasteiger partial charge is 0.497 e. The molecule has 0 saturated carbocycles. The molecule has 122 valence electrons. The molecule has 0 unspecified atom stereocenters. The van der Waals surface area contributed by atoms with E-state index in [-0.39, 0.29) is 24.7 Å². The second-order valence-corrected chi connectivity index (χ2v) is 6.12. The Morgan fingerprint density at radius 2 is 1.96 bits per heavy atom. The van der Waals surface area contributed by atoms with Gasteiger partial charge in [-0.2, -0.15) is 0 Å². The number of ether oxygens (including phenoxy) is 1. The fourth-order valence-corrected chi connectivity index (χ4v) is 3.08. The molecule has 2 rings (SSSR count). The molecule has 1 aromatic heterocycles. The maximum absolute atomic E-state index is 12.1. The minimum atomic E-state index is -0.897. The van der Waals surface area contributed by atoms with Gasteiger partial charge < -0.3 is 15.2 Å². The number of thiophene rings is 1. The van der Waals surface area contributed by atoms with E-state index in [0.717, 1.165) is 16.2 Å². The highest BCUT2D eigenvalue weighted by Gasteiger charge is 2.20. The first-order valence-electron chi connectivity index (χ1n) is 7.23. The lowest BCUT2D eigenvalue weighted by Gasteiger charge is -2.13. The van der Waals surface area contributed by atoms with E-state index in [9.17, 15) is 9.59 Å². The quantitative estimate of drug-likeness (QED) is 0.778. The number of rotatable bonds is 8. The third-order valence-electron chi connectivity index (χ3n) is 3.45. The van der Waals surface area contributed by atoms with Crippen LogP contribution in [0.25, 0.3) is 0 Å². The molecule has 1 aromatic carbocycles. The summed E-state index contributed by atoms with van der Waals surface area (Å²) >= 11 is 1.48. The fourth-order valence-electron chi connectivity index (χ4n) is 2.25. The van der Waals surface area contributed by atoms with Crippen LogP contribution in [-0.4, -0.2) is 24.1 Å². The predicted octanol–water partition coefficient (Wildman–Crippen LogP) is 3.02. The summed E-state index contributed by atoms with van der Waals surface area (Å²) in [6.07, 6.45) is 0.124. The Balaban J connectivity index is 1.89. The highest BCUT2D eigenvalue weighted by Crippen LogP contribution is 2.27. The standard InChI is InChI=1S/C17H19NO4S/c1-22-14-6-4-12(5-7-14)11-18-16(19)9-13(10-17(20)21)15-3-2-8-23-15/h2-8,13H,9-11H2,1H3,(H,18,19)(H,20,21)/t13-/m1/s1. The number of benzene rings is 1. The van der Waals surface area contributed by atoms with Crippen molar-refractivity contribution in [1.29, 1.82) is 0 Å². The van der Waals surface area contributed by atoms with Crippen LogP contribution >= 0.6 is 11.3 Å². The molecule has 0 aliphatic carbocycles. The third kappa shape index (κ3) is 5.41. The summed E-state index contributed by atoms with van der Waals surface area (Å²) in [6, 6.07) is 11.2. The van der Waals surface area contributed by atoms with Crippen LogP contribution in [0.5, 0.6) is 5.75 Å². The Labute approximate surface area is 138 Å². The van der Waals surface area contributed by atoms with Crippen LogP contribution in [0.1, 0.15) is 29.2 Å². The summed E-state index contributed by atoms with van der Waals surface area (Å²) < 4.78 is 5.08. The van der Waals surface area contributed by atoms with Gasteiger partial charge in [0.2, 0.25) is 5.91 Å². The molecule has 0 saturated heterocycles. The van der Waals surface area contributed by atoms with Gasteiger partial charge in [0.25, 0.3) is 0 Å². The summed E-state index contributed by atoms with van der Waals surface area (Å²) in [5, 5.41) is 13.7. The number of hydrogen-bond donors (Lipinski definition) is 2. The first-order chi connectivity index (χ1) is 11.1. The molecular weight excluding hydrogens is 314 g/mol. The van der Waals surface area contributed by atoms with Crippen LogP contribution in [0, 0.1) is 0 Å². The highest BCUT2D eigenvalue weighted by atomic mass is 32.1. The maximum Gasteiger partial charge on any atom is 0.304 e. The number of amides is 1. The Kier molecular flexibility index (Phi) is 6.17. The van der Waals surface area contributed by atoms with E-state index in [1.165, 1.54) is 11.3 Å². The van der Waals surface area contributed by atoms with Crippen LogP contribution in [0.3, 0.4) is 0 Å². The van der Waals surface area contributed by atoms with Crippen LogP contribution in [0.2, 0.25) is 0 Å². The molecule has 0 fully saturated rings. The summed E-state index contributed by atoms with van der Waals surface area (Å²) in [6.45, 7) is 0.410. The molecule has 1 atom stereocenters. The summed E-state index contributed by atoms with van der Waals surface area (Å²) in [5.74, 6) is -0.575. The highest BCUT2D eigenvalue weighted by molar-refractivity contribution is 7.10. The van der Waals surface area contributed by atoms with Crippen molar-refractivity contribution in [2.24, 2.45) is 0 Å². The number of carbonyl (C=O) groups excluding carboxylic acids is 1. The third-order valence-corrected chi connectivity index (χ3v) is 4.48. The predicted molar refractivity (Wildman–Crippen MR) is 88.8 cm³/mol. The van der Waals surface area contributed by atoms with Gasteiger partial charge in [-0.25, -0.2) is 0 Å². The fraction of sp³-hybridized carbons (Fsp3) is 0.294. The second kappa shape index (κ2) is 8.33. The zero-order valence-corrected chi connectivity index (χ0v) is 13.6. The zero-order valence-electron chi connectivity index (χ0n) is 12.8. The summed E-state index contributed by atoms with van der Waals surface area (Å²) in [5.41, 5.74) is 0.963. The summed E-state index contributed by atoms with van der Waals surface area (Å²) in [4.78, 5) is 24.0. The molecule has 0 aliphatic rings. The molecule has 2 aromatic rings. The van der Waals surface area contributed by atoms with Crippen molar-refractivity contribution in [3.05, 3.63) is 52.2 Å². The number of aliphatic carboxylic acids is 1. The van der Waals surface area contributed by atoms with E-state index in [4.69, 9.17) is 9.84 Å². The second-order valence-electron chi connectivity index (χ2n) is 5.14. The van der Waals surface area contributed by atoms with E-state index in [1.807, 2.05) is 41.8 Å². The van der Waals surface area contributed by atoms with E-state index in [0.29, 0.717) is 6.54 Å². The molecule has 23 heavy (non-hydrogen) atoms. The zero-order chi connectivity index (χ0) is 16.7.